The largest absolute Gasteiger partial charge is 0.469 e. The smallest absolute Gasteiger partial charge is 0.240 e. The molecular formula is C19H24N2O2. The van der Waals surface area contributed by atoms with Gasteiger partial charge in [0.25, 0.3) is 0 Å². The molecule has 122 valence electrons. The average Bonchev–Trinajstić information content (AvgIpc) is 3.24. The van der Waals surface area contributed by atoms with Crippen molar-refractivity contribution in [2.45, 2.75) is 43.6 Å². The predicted molar refractivity (Wildman–Crippen MR) is 90.0 cm³/mol. The van der Waals surface area contributed by atoms with Gasteiger partial charge in [-0.25, -0.2) is 0 Å². The highest BCUT2D eigenvalue weighted by molar-refractivity contribution is 5.86. The molecule has 2 aromatic rings. The van der Waals surface area contributed by atoms with Crippen LogP contribution in [0.1, 0.15) is 49.3 Å². The van der Waals surface area contributed by atoms with Crippen molar-refractivity contribution in [3.8, 4) is 0 Å². The van der Waals surface area contributed by atoms with Crippen LogP contribution in [0.4, 0.5) is 0 Å². The van der Waals surface area contributed by atoms with Crippen LogP contribution in [0.3, 0.4) is 0 Å². The first-order chi connectivity index (χ1) is 11.2. The van der Waals surface area contributed by atoms with Gasteiger partial charge >= 0.3 is 0 Å². The quantitative estimate of drug-likeness (QED) is 0.860. The number of furan rings is 1. The first-order valence-electron chi connectivity index (χ1n) is 8.34. The van der Waals surface area contributed by atoms with Crippen LogP contribution in [0.15, 0.2) is 53.1 Å². The third-order valence-electron chi connectivity index (χ3n) is 4.76. The van der Waals surface area contributed by atoms with Crippen LogP contribution < -0.4 is 11.1 Å². The lowest BCUT2D eigenvalue weighted by molar-refractivity contribution is -0.126. The van der Waals surface area contributed by atoms with Gasteiger partial charge in [-0.05, 0) is 37.0 Å². The Morgan fingerprint density at radius 2 is 1.91 bits per heavy atom. The molecule has 4 heteroatoms. The molecule has 1 aliphatic carbocycles. The van der Waals surface area contributed by atoms with Crippen LogP contribution >= 0.6 is 0 Å². The molecule has 1 aromatic heterocycles. The van der Waals surface area contributed by atoms with Crippen molar-refractivity contribution in [2.75, 3.05) is 6.54 Å². The number of rotatable bonds is 6. The number of benzene rings is 1. The zero-order chi connectivity index (χ0) is 16.1. The van der Waals surface area contributed by atoms with Gasteiger partial charge in [-0.3, -0.25) is 4.79 Å². The topological polar surface area (TPSA) is 68.3 Å². The second-order valence-corrected chi connectivity index (χ2v) is 6.39. The van der Waals surface area contributed by atoms with Gasteiger partial charge in [0, 0.05) is 12.5 Å². The molecular weight excluding hydrogens is 288 g/mol. The Morgan fingerprint density at radius 1 is 1.17 bits per heavy atom. The number of hydrogen-bond donors (Lipinski definition) is 2. The molecule has 0 unspecified atom stereocenters. The van der Waals surface area contributed by atoms with Gasteiger partial charge in [-0.1, -0.05) is 43.2 Å². The average molecular weight is 312 g/mol. The molecule has 1 fully saturated rings. The van der Waals surface area contributed by atoms with Crippen molar-refractivity contribution in [3.63, 3.8) is 0 Å². The molecule has 3 N–H and O–H groups in total. The van der Waals surface area contributed by atoms with Crippen molar-refractivity contribution in [3.05, 3.63) is 60.1 Å². The van der Waals surface area contributed by atoms with E-state index in [9.17, 15) is 4.79 Å². The van der Waals surface area contributed by atoms with Crippen molar-refractivity contribution in [2.24, 2.45) is 5.73 Å². The fourth-order valence-electron chi connectivity index (χ4n) is 3.39. The minimum atomic E-state index is -0.660. The number of hydrogen-bond acceptors (Lipinski definition) is 3. The molecule has 0 radical (unpaired) electrons. The standard InChI is InChI=1S/C19H24N2O2/c20-19(11-4-5-12-19)18(22)21-13-10-16(17-9-6-14-23-17)15-7-2-1-3-8-15/h1-3,6-9,14,16H,4-5,10-13,20H2,(H,21,22)/t16-/m1/s1. The summed E-state index contributed by atoms with van der Waals surface area (Å²) < 4.78 is 5.59. The van der Waals surface area contributed by atoms with Crippen LogP contribution in [-0.2, 0) is 4.79 Å². The first-order valence-corrected chi connectivity index (χ1v) is 8.34. The highest BCUT2D eigenvalue weighted by Crippen LogP contribution is 2.29. The summed E-state index contributed by atoms with van der Waals surface area (Å²) in [6, 6.07) is 14.1. The van der Waals surface area contributed by atoms with Crippen molar-refractivity contribution >= 4 is 5.91 Å². The van der Waals surface area contributed by atoms with Gasteiger partial charge < -0.3 is 15.5 Å². The maximum atomic E-state index is 12.3. The molecule has 0 aliphatic heterocycles. The summed E-state index contributed by atoms with van der Waals surface area (Å²) in [6.07, 6.45) is 6.15. The molecule has 3 rings (SSSR count). The molecule has 1 aliphatic rings. The first kappa shape index (κ1) is 15.8. The molecule has 1 aromatic carbocycles. The van der Waals surface area contributed by atoms with E-state index in [4.69, 9.17) is 10.2 Å². The summed E-state index contributed by atoms with van der Waals surface area (Å²) in [5, 5.41) is 3.02. The molecule has 0 spiro atoms. The van der Waals surface area contributed by atoms with Gasteiger partial charge in [0.1, 0.15) is 5.76 Å². The lowest BCUT2D eigenvalue weighted by Crippen LogP contribution is -2.52. The molecule has 1 heterocycles. The maximum Gasteiger partial charge on any atom is 0.240 e. The third kappa shape index (κ3) is 3.64. The Bertz CT molecular complexity index is 616. The van der Waals surface area contributed by atoms with Crippen LogP contribution in [-0.4, -0.2) is 18.0 Å². The van der Waals surface area contributed by atoms with Crippen LogP contribution in [0.2, 0.25) is 0 Å². The Labute approximate surface area is 137 Å². The number of carbonyl (C=O) groups is 1. The fraction of sp³-hybridized carbons (Fsp3) is 0.421. The Balaban J connectivity index is 1.62. The van der Waals surface area contributed by atoms with E-state index in [0.717, 1.165) is 37.9 Å². The second kappa shape index (κ2) is 7.01. The summed E-state index contributed by atoms with van der Waals surface area (Å²) >= 11 is 0. The molecule has 1 amide bonds. The van der Waals surface area contributed by atoms with Gasteiger partial charge in [0.05, 0.1) is 11.8 Å². The van der Waals surface area contributed by atoms with Gasteiger partial charge in [-0.15, -0.1) is 0 Å². The van der Waals surface area contributed by atoms with E-state index in [0.29, 0.717) is 6.54 Å². The molecule has 23 heavy (non-hydrogen) atoms. The minimum absolute atomic E-state index is 0.0127. The van der Waals surface area contributed by atoms with E-state index in [1.807, 2.05) is 30.3 Å². The van der Waals surface area contributed by atoms with Gasteiger partial charge in [0.2, 0.25) is 5.91 Å². The zero-order valence-electron chi connectivity index (χ0n) is 13.3. The summed E-state index contributed by atoms with van der Waals surface area (Å²) in [4.78, 5) is 12.3. The van der Waals surface area contributed by atoms with Crippen molar-refractivity contribution in [1.82, 2.24) is 5.32 Å². The number of nitrogens with one attached hydrogen (secondary N) is 1. The normalized spacial score (nSPS) is 17.8. The summed E-state index contributed by atoms with van der Waals surface area (Å²) in [7, 11) is 0. The Kier molecular flexibility index (Phi) is 4.82. The van der Waals surface area contributed by atoms with E-state index in [2.05, 4.69) is 17.4 Å². The second-order valence-electron chi connectivity index (χ2n) is 6.39. The molecule has 1 atom stereocenters. The van der Waals surface area contributed by atoms with Gasteiger partial charge in [-0.2, -0.15) is 0 Å². The number of nitrogens with two attached hydrogens (primary N) is 1. The molecule has 0 bridgehead atoms. The highest BCUT2D eigenvalue weighted by Gasteiger charge is 2.36. The molecule has 0 saturated heterocycles. The van der Waals surface area contributed by atoms with E-state index in [-0.39, 0.29) is 11.8 Å². The Hall–Kier alpha value is -2.07. The monoisotopic (exact) mass is 312 g/mol. The number of carbonyl (C=O) groups excluding carboxylic acids is 1. The predicted octanol–water partition coefficient (Wildman–Crippen LogP) is 3.19. The van der Waals surface area contributed by atoms with Crippen LogP contribution in [0, 0.1) is 0 Å². The van der Waals surface area contributed by atoms with Crippen molar-refractivity contribution in [1.29, 1.82) is 0 Å². The van der Waals surface area contributed by atoms with Crippen LogP contribution in [0.5, 0.6) is 0 Å². The van der Waals surface area contributed by atoms with E-state index >= 15 is 0 Å². The third-order valence-corrected chi connectivity index (χ3v) is 4.76. The summed E-state index contributed by atoms with van der Waals surface area (Å²) in [5.74, 6) is 1.05. The van der Waals surface area contributed by atoms with E-state index < -0.39 is 5.54 Å². The van der Waals surface area contributed by atoms with Gasteiger partial charge in [0.15, 0.2) is 0 Å². The zero-order valence-corrected chi connectivity index (χ0v) is 13.3. The van der Waals surface area contributed by atoms with E-state index in [1.165, 1.54) is 5.56 Å². The van der Waals surface area contributed by atoms with Crippen LogP contribution in [0.25, 0.3) is 0 Å². The molecule has 4 nitrogen and oxygen atoms in total. The maximum absolute atomic E-state index is 12.3. The van der Waals surface area contributed by atoms with Crippen molar-refractivity contribution < 1.29 is 9.21 Å². The lowest BCUT2D eigenvalue weighted by atomic mass is 9.93. The lowest BCUT2D eigenvalue weighted by Gasteiger charge is -2.23. The summed E-state index contributed by atoms with van der Waals surface area (Å²) in [6.45, 7) is 0.595. The molecule has 1 saturated carbocycles. The highest BCUT2D eigenvalue weighted by atomic mass is 16.3. The minimum Gasteiger partial charge on any atom is -0.469 e. The SMILES string of the molecule is NC1(C(=O)NCC[C@H](c2ccccc2)c2ccco2)CCCC1. The summed E-state index contributed by atoms with van der Waals surface area (Å²) in [5.41, 5.74) is 6.73. The fourth-order valence-corrected chi connectivity index (χ4v) is 3.39. The number of amides is 1. The van der Waals surface area contributed by atoms with E-state index in [1.54, 1.807) is 6.26 Å². The Morgan fingerprint density at radius 3 is 2.57 bits per heavy atom.